The van der Waals surface area contributed by atoms with Crippen molar-refractivity contribution in [3.8, 4) is 28.4 Å². The predicted octanol–water partition coefficient (Wildman–Crippen LogP) is 4.38. The number of carbonyl (C=O) groups is 1. The summed E-state index contributed by atoms with van der Waals surface area (Å²) in [6.45, 7) is 1.21. The van der Waals surface area contributed by atoms with Crippen LogP contribution in [-0.2, 0) is 6.54 Å². The van der Waals surface area contributed by atoms with Gasteiger partial charge >= 0.3 is 0 Å². The summed E-state index contributed by atoms with van der Waals surface area (Å²) in [6.07, 6.45) is 1.87. The Hall–Kier alpha value is -4.13. The van der Waals surface area contributed by atoms with Crippen molar-refractivity contribution in [2.24, 2.45) is 0 Å². The second-order valence-electron chi connectivity index (χ2n) is 7.33. The maximum Gasteiger partial charge on any atom is 0.251 e. The van der Waals surface area contributed by atoms with E-state index in [0.717, 1.165) is 16.8 Å². The van der Waals surface area contributed by atoms with E-state index < -0.39 is 0 Å². The molecule has 0 atom stereocenters. The lowest BCUT2D eigenvalue weighted by Crippen LogP contribution is -2.23. The highest BCUT2D eigenvalue weighted by molar-refractivity contribution is 5.95. The van der Waals surface area contributed by atoms with Crippen LogP contribution in [0.4, 0.5) is 4.39 Å². The summed E-state index contributed by atoms with van der Waals surface area (Å²) in [5.74, 6) is 0.646. The van der Waals surface area contributed by atoms with Crippen LogP contribution in [0.3, 0.4) is 0 Å². The highest BCUT2D eigenvalue weighted by Crippen LogP contribution is 2.31. The number of fused-ring (bicyclic) bond motifs is 1. The Bertz CT molecular complexity index is 1250. The van der Waals surface area contributed by atoms with Crippen molar-refractivity contribution >= 4 is 5.91 Å². The normalized spacial score (nSPS) is 12.4. The van der Waals surface area contributed by atoms with Gasteiger partial charge in [0.25, 0.3) is 5.91 Å². The molecule has 0 spiro atoms. The minimum Gasteiger partial charge on any atom is -0.486 e. The van der Waals surface area contributed by atoms with Gasteiger partial charge in [0.05, 0.1) is 11.4 Å². The molecule has 5 rings (SSSR count). The van der Waals surface area contributed by atoms with E-state index in [-0.39, 0.29) is 18.3 Å². The molecule has 3 aromatic carbocycles. The Kier molecular flexibility index (Phi) is 5.29. The van der Waals surface area contributed by atoms with Crippen LogP contribution >= 0.6 is 0 Å². The molecule has 0 aliphatic carbocycles. The first-order chi connectivity index (χ1) is 15.7. The summed E-state index contributed by atoms with van der Waals surface area (Å²) < 4.78 is 26.3. The number of benzene rings is 3. The average molecular weight is 429 g/mol. The monoisotopic (exact) mass is 429 g/mol. The number of halogens is 1. The molecular formula is C25H20FN3O3. The topological polar surface area (TPSA) is 65.4 Å². The first-order valence-electron chi connectivity index (χ1n) is 10.2. The van der Waals surface area contributed by atoms with E-state index in [1.165, 1.54) is 12.1 Å². The van der Waals surface area contributed by atoms with Gasteiger partial charge in [-0.1, -0.05) is 18.2 Å². The van der Waals surface area contributed by atoms with E-state index >= 15 is 0 Å². The number of hydrogen-bond acceptors (Lipinski definition) is 4. The third-order valence-electron chi connectivity index (χ3n) is 5.17. The molecule has 1 N–H and O–H groups in total. The van der Waals surface area contributed by atoms with Gasteiger partial charge < -0.3 is 14.8 Å². The molecule has 0 saturated heterocycles. The molecule has 1 amide bonds. The maximum atomic E-state index is 13.4. The fourth-order valence-corrected chi connectivity index (χ4v) is 3.56. The van der Waals surface area contributed by atoms with Crippen molar-refractivity contribution in [3.05, 3.63) is 95.9 Å². The van der Waals surface area contributed by atoms with E-state index in [1.54, 1.807) is 35.0 Å². The summed E-state index contributed by atoms with van der Waals surface area (Å²) in [7, 11) is 0. The summed E-state index contributed by atoms with van der Waals surface area (Å²) in [4.78, 5) is 12.8. The Morgan fingerprint density at radius 3 is 2.50 bits per heavy atom. The second kappa shape index (κ2) is 8.55. The quantitative estimate of drug-likeness (QED) is 0.511. The number of nitrogens with zero attached hydrogens (tertiary/aromatic N) is 2. The van der Waals surface area contributed by atoms with Crippen LogP contribution in [0.1, 0.15) is 15.9 Å². The number of para-hydroxylation sites is 1. The molecule has 32 heavy (non-hydrogen) atoms. The number of carbonyl (C=O) groups excluding carboxylic acids is 1. The van der Waals surface area contributed by atoms with Gasteiger partial charge in [-0.25, -0.2) is 9.07 Å². The van der Waals surface area contributed by atoms with E-state index in [4.69, 9.17) is 14.6 Å². The van der Waals surface area contributed by atoms with Crippen molar-refractivity contribution in [2.75, 3.05) is 13.2 Å². The predicted molar refractivity (Wildman–Crippen MR) is 118 cm³/mol. The van der Waals surface area contributed by atoms with Crippen LogP contribution in [0.25, 0.3) is 16.9 Å². The van der Waals surface area contributed by atoms with Crippen LogP contribution < -0.4 is 14.8 Å². The fraction of sp³-hybridized carbons (Fsp3) is 0.120. The number of ether oxygens (including phenoxy) is 2. The Balaban J connectivity index is 1.41. The van der Waals surface area contributed by atoms with Gasteiger partial charge in [0.15, 0.2) is 11.5 Å². The van der Waals surface area contributed by atoms with E-state index in [0.29, 0.717) is 36.0 Å². The second-order valence-corrected chi connectivity index (χ2v) is 7.33. The Morgan fingerprint density at radius 1 is 0.969 bits per heavy atom. The molecule has 0 radical (unpaired) electrons. The first-order valence-corrected chi connectivity index (χ1v) is 10.2. The Labute approximate surface area is 184 Å². The zero-order valence-corrected chi connectivity index (χ0v) is 17.1. The highest BCUT2D eigenvalue weighted by atomic mass is 19.1. The minimum absolute atomic E-state index is 0.237. The third kappa shape index (κ3) is 4.05. The lowest BCUT2D eigenvalue weighted by atomic mass is 10.1. The van der Waals surface area contributed by atoms with Crippen LogP contribution in [0.15, 0.2) is 79.0 Å². The molecule has 0 fully saturated rings. The van der Waals surface area contributed by atoms with Gasteiger partial charge in [-0.3, -0.25) is 4.79 Å². The molecule has 1 aliphatic heterocycles. The number of rotatable bonds is 5. The lowest BCUT2D eigenvalue weighted by Gasteiger charge is -2.18. The SMILES string of the molecule is O=C(NCc1cn(-c2ccccc2)nc1-c1ccc(F)cc1)c1ccc2c(c1)OCCO2. The summed E-state index contributed by atoms with van der Waals surface area (Å²) in [6, 6.07) is 21.0. The van der Waals surface area contributed by atoms with Gasteiger partial charge in [0.2, 0.25) is 0 Å². The highest BCUT2D eigenvalue weighted by Gasteiger charge is 2.17. The number of amides is 1. The summed E-state index contributed by atoms with van der Waals surface area (Å²) >= 11 is 0. The van der Waals surface area contributed by atoms with Crippen LogP contribution in [0.5, 0.6) is 11.5 Å². The van der Waals surface area contributed by atoms with Crippen molar-refractivity contribution in [2.45, 2.75) is 6.54 Å². The third-order valence-corrected chi connectivity index (χ3v) is 5.17. The minimum atomic E-state index is -0.315. The first kappa shape index (κ1) is 19.8. The van der Waals surface area contributed by atoms with E-state index in [2.05, 4.69) is 5.32 Å². The number of nitrogens with one attached hydrogen (secondary N) is 1. The molecular weight excluding hydrogens is 409 g/mol. The van der Waals surface area contributed by atoms with Crippen molar-refractivity contribution in [1.82, 2.24) is 15.1 Å². The van der Waals surface area contributed by atoms with Gasteiger partial charge in [0, 0.05) is 29.4 Å². The molecule has 6 nitrogen and oxygen atoms in total. The molecule has 4 aromatic rings. The molecule has 2 heterocycles. The van der Waals surface area contributed by atoms with Gasteiger partial charge in [-0.15, -0.1) is 0 Å². The molecule has 1 aliphatic rings. The van der Waals surface area contributed by atoms with Gasteiger partial charge in [-0.2, -0.15) is 5.10 Å². The van der Waals surface area contributed by atoms with Crippen LogP contribution in [0, 0.1) is 5.82 Å². The van der Waals surface area contributed by atoms with Gasteiger partial charge in [-0.05, 0) is 54.6 Å². The Morgan fingerprint density at radius 2 is 1.72 bits per heavy atom. The standard InChI is InChI=1S/C25H20FN3O3/c26-20-9-6-17(7-10-20)24-19(16-29(28-24)21-4-2-1-3-5-21)15-27-25(30)18-8-11-22-23(14-18)32-13-12-31-22/h1-11,14,16H,12-13,15H2,(H,27,30). The molecule has 0 bridgehead atoms. The van der Waals surface area contributed by atoms with Crippen molar-refractivity contribution in [3.63, 3.8) is 0 Å². The van der Waals surface area contributed by atoms with Crippen molar-refractivity contribution < 1.29 is 18.7 Å². The van der Waals surface area contributed by atoms with E-state index in [9.17, 15) is 9.18 Å². The molecule has 0 saturated carbocycles. The van der Waals surface area contributed by atoms with Crippen LogP contribution in [-0.4, -0.2) is 28.9 Å². The average Bonchev–Trinajstić information content (AvgIpc) is 3.27. The number of aromatic nitrogens is 2. The molecule has 1 aromatic heterocycles. The molecule has 0 unspecified atom stereocenters. The summed E-state index contributed by atoms with van der Waals surface area (Å²) in [5, 5.41) is 7.64. The fourth-order valence-electron chi connectivity index (χ4n) is 3.56. The largest absolute Gasteiger partial charge is 0.486 e. The molecule has 7 heteroatoms. The molecule has 160 valence electrons. The smallest absolute Gasteiger partial charge is 0.251 e. The maximum absolute atomic E-state index is 13.4. The zero-order chi connectivity index (χ0) is 21.9. The van der Waals surface area contributed by atoms with Crippen molar-refractivity contribution in [1.29, 1.82) is 0 Å². The zero-order valence-electron chi connectivity index (χ0n) is 17.1. The van der Waals surface area contributed by atoms with E-state index in [1.807, 2.05) is 36.5 Å². The summed E-state index contributed by atoms with van der Waals surface area (Å²) in [5.41, 5.74) is 3.63. The van der Waals surface area contributed by atoms with Gasteiger partial charge in [0.1, 0.15) is 19.0 Å². The number of hydrogen-bond donors (Lipinski definition) is 1. The lowest BCUT2D eigenvalue weighted by molar-refractivity contribution is 0.0949. The van der Waals surface area contributed by atoms with Crippen LogP contribution in [0.2, 0.25) is 0 Å².